The van der Waals surface area contributed by atoms with Crippen molar-refractivity contribution in [2.75, 3.05) is 24.6 Å². The zero-order valence-corrected chi connectivity index (χ0v) is 11.1. The lowest BCUT2D eigenvalue weighted by Gasteiger charge is -2.35. The van der Waals surface area contributed by atoms with Gasteiger partial charge in [-0.15, -0.1) is 0 Å². The van der Waals surface area contributed by atoms with Gasteiger partial charge in [0.05, 0.1) is 10.6 Å². The van der Waals surface area contributed by atoms with Gasteiger partial charge in [-0.05, 0) is 37.3 Å². The van der Waals surface area contributed by atoms with E-state index in [0.717, 1.165) is 44.3 Å². The van der Waals surface area contributed by atoms with Gasteiger partial charge in [0, 0.05) is 25.4 Å². The van der Waals surface area contributed by atoms with Crippen molar-refractivity contribution in [3.63, 3.8) is 0 Å². The third kappa shape index (κ3) is 2.85. The van der Waals surface area contributed by atoms with Crippen molar-refractivity contribution in [1.29, 1.82) is 0 Å². The molecular formula is C14H18ClNO2. The predicted octanol–water partition coefficient (Wildman–Crippen LogP) is 2.75. The molecule has 1 aliphatic rings. The third-order valence-electron chi connectivity index (χ3n) is 3.54. The Morgan fingerprint density at radius 3 is 3.06 bits per heavy atom. The molecule has 0 radical (unpaired) electrons. The number of anilines is 1. The molecule has 1 N–H and O–H groups in total. The molecule has 2 rings (SSSR count). The second-order valence-electron chi connectivity index (χ2n) is 4.76. The van der Waals surface area contributed by atoms with Crippen molar-refractivity contribution in [2.45, 2.75) is 19.3 Å². The molecule has 4 heteroatoms. The summed E-state index contributed by atoms with van der Waals surface area (Å²) in [6.07, 6.45) is 3.89. The highest BCUT2D eigenvalue weighted by molar-refractivity contribution is 6.33. The number of carbonyl (C=O) groups is 1. The molecule has 1 aliphatic heterocycles. The number of aliphatic hydroxyl groups excluding tert-OH is 1. The highest BCUT2D eigenvalue weighted by Crippen LogP contribution is 2.30. The number of piperidine rings is 1. The molecule has 18 heavy (non-hydrogen) atoms. The molecule has 0 bridgehead atoms. The van der Waals surface area contributed by atoms with E-state index in [1.807, 2.05) is 12.1 Å². The minimum absolute atomic E-state index is 0.231. The van der Waals surface area contributed by atoms with Crippen LogP contribution in [0.15, 0.2) is 18.2 Å². The molecule has 0 spiro atoms. The van der Waals surface area contributed by atoms with E-state index in [0.29, 0.717) is 16.5 Å². The number of rotatable bonds is 4. The fourth-order valence-corrected chi connectivity index (χ4v) is 2.83. The minimum atomic E-state index is 0.231. The van der Waals surface area contributed by atoms with Crippen LogP contribution < -0.4 is 4.90 Å². The van der Waals surface area contributed by atoms with Crippen LogP contribution in [0.3, 0.4) is 0 Å². The number of aliphatic hydroxyl groups is 1. The average molecular weight is 268 g/mol. The molecule has 1 aromatic carbocycles. The molecule has 1 aromatic rings. The lowest BCUT2D eigenvalue weighted by molar-refractivity contribution is 0.112. The highest BCUT2D eigenvalue weighted by atomic mass is 35.5. The molecular weight excluding hydrogens is 250 g/mol. The molecule has 1 heterocycles. The van der Waals surface area contributed by atoms with E-state index in [2.05, 4.69) is 4.90 Å². The summed E-state index contributed by atoms with van der Waals surface area (Å²) < 4.78 is 0. The Morgan fingerprint density at radius 2 is 2.33 bits per heavy atom. The number of halogens is 1. The summed E-state index contributed by atoms with van der Waals surface area (Å²) >= 11 is 6.05. The van der Waals surface area contributed by atoms with Crippen molar-refractivity contribution in [2.24, 2.45) is 5.92 Å². The average Bonchev–Trinajstić information content (AvgIpc) is 2.39. The smallest absolute Gasteiger partial charge is 0.153 e. The van der Waals surface area contributed by atoms with E-state index in [4.69, 9.17) is 16.7 Å². The maximum atomic E-state index is 11.1. The Labute approximate surface area is 112 Å². The quantitative estimate of drug-likeness (QED) is 0.853. The third-order valence-corrected chi connectivity index (χ3v) is 3.87. The van der Waals surface area contributed by atoms with Crippen molar-refractivity contribution in [3.8, 4) is 0 Å². The zero-order chi connectivity index (χ0) is 13.0. The number of hydrogen-bond donors (Lipinski definition) is 1. The van der Waals surface area contributed by atoms with Crippen LogP contribution in [0, 0.1) is 5.92 Å². The van der Waals surface area contributed by atoms with Gasteiger partial charge >= 0.3 is 0 Å². The van der Waals surface area contributed by atoms with E-state index in [1.54, 1.807) is 6.07 Å². The second kappa shape index (κ2) is 6.21. The van der Waals surface area contributed by atoms with Crippen LogP contribution in [-0.4, -0.2) is 31.1 Å². The topological polar surface area (TPSA) is 40.5 Å². The largest absolute Gasteiger partial charge is 0.396 e. The fraction of sp³-hybridized carbons (Fsp3) is 0.500. The van der Waals surface area contributed by atoms with Gasteiger partial charge in [0.2, 0.25) is 0 Å². The summed E-state index contributed by atoms with van der Waals surface area (Å²) in [5.41, 5.74) is 1.49. The molecule has 98 valence electrons. The molecule has 1 atom stereocenters. The first-order chi connectivity index (χ1) is 8.76. The molecule has 0 saturated carbocycles. The molecule has 1 fully saturated rings. The number of nitrogens with zero attached hydrogens (tertiary/aromatic N) is 1. The first-order valence-corrected chi connectivity index (χ1v) is 6.73. The van der Waals surface area contributed by atoms with Crippen LogP contribution >= 0.6 is 11.6 Å². The lowest BCUT2D eigenvalue weighted by atomic mass is 9.94. The SMILES string of the molecule is O=Cc1c(Cl)cccc1N1CCCC(CCO)C1. The first kappa shape index (κ1) is 13.4. The van der Waals surface area contributed by atoms with Gasteiger partial charge < -0.3 is 10.0 Å². The molecule has 0 aromatic heterocycles. The van der Waals surface area contributed by atoms with Gasteiger partial charge in [-0.3, -0.25) is 4.79 Å². The normalized spacial score (nSPS) is 19.9. The Balaban J connectivity index is 2.20. The van der Waals surface area contributed by atoms with E-state index >= 15 is 0 Å². The van der Waals surface area contributed by atoms with Crippen LogP contribution in [0.2, 0.25) is 5.02 Å². The summed E-state index contributed by atoms with van der Waals surface area (Å²) in [6.45, 7) is 2.07. The molecule has 1 saturated heterocycles. The summed E-state index contributed by atoms with van der Waals surface area (Å²) in [6, 6.07) is 5.56. The van der Waals surface area contributed by atoms with Crippen molar-refractivity contribution in [3.05, 3.63) is 28.8 Å². The highest BCUT2D eigenvalue weighted by Gasteiger charge is 2.22. The Kier molecular flexibility index (Phi) is 4.61. The van der Waals surface area contributed by atoms with E-state index in [9.17, 15) is 4.79 Å². The zero-order valence-electron chi connectivity index (χ0n) is 10.3. The van der Waals surface area contributed by atoms with Gasteiger partial charge in [0.15, 0.2) is 6.29 Å². The van der Waals surface area contributed by atoms with Gasteiger partial charge in [-0.2, -0.15) is 0 Å². The Hall–Kier alpha value is -1.06. The molecule has 1 unspecified atom stereocenters. The lowest BCUT2D eigenvalue weighted by Crippen LogP contribution is -2.36. The number of benzene rings is 1. The summed E-state index contributed by atoms with van der Waals surface area (Å²) in [5.74, 6) is 0.502. The van der Waals surface area contributed by atoms with Crippen LogP contribution in [0.4, 0.5) is 5.69 Å². The van der Waals surface area contributed by atoms with Crippen LogP contribution in [0.25, 0.3) is 0 Å². The van der Waals surface area contributed by atoms with E-state index in [-0.39, 0.29) is 6.61 Å². The van der Waals surface area contributed by atoms with E-state index in [1.165, 1.54) is 0 Å². The number of aldehydes is 1. The monoisotopic (exact) mass is 267 g/mol. The summed E-state index contributed by atoms with van der Waals surface area (Å²) in [5, 5.41) is 9.53. The van der Waals surface area contributed by atoms with Crippen LogP contribution in [0.5, 0.6) is 0 Å². The van der Waals surface area contributed by atoms with Gasteiger partial charge in [-0.1, -0.05) is 17.7 Å². The van der Waals surface area contributed by atoms with E-state index < -0.39 is 0 Å². The molecule has 3 nitrogen and oxygen atoms in total. The molecule has 0 aliphatic carbocycles. The number of hydrogen-bond acceptors (Lipinski definition) is 3. The first-order valence-electron chi connectivity index (χ1n) is 6.35. The predicted molar refractivity (Wildman–Crippen MR) is 73.5 cm³/mol. The fourth-order valence-electron chi connectivity index (χ4n) is 2.62. The maximum Gasteiger partial charge on any atom is 0.153 e. The maximum absolute atomic E-state index is 11.1. The van der Waals surface area contributed by atoms with Gasteiger partial charge in [-0.25, -0.2) is 0 Å². The Bertz CT molecular complexity index is 420. The van der Waals surface area contributed by atoms with Crippen LogP contribution in [0.1, 0.15) is 29.6 Å². The van der Waals surface area contributed by atoms with Crippen molar-refractivity contribution in [1.82, 2.24) is 0 Å². The van der Waals surface area contributed by atoms with Gasteiger partial charge in [0.1, 0.15) is 0 Å². The van der Waals surface area contributed by atoms with Crippen LogP contribution in [-0.2, 0) is 0 Å². The summed E-state index contributed by atoms with van der Waals surface area (Å²) in [4.78, 5) is 13.4. The standard InChI is InChI=1S/C14H18ClNO2/c15-13-4-1-5-14(12(13)10-18)16-7-2-3-11(9-16)6-8-17/h1,4-5,10-11,17H,2-3,6-9H2. The van der Waals surface area contributed by atoms with Gasteiger partial charge in [0.25, 0.3) is 0 Å². The number of carbonyl (C=O) groups excluding carboxylic acids is 1. The van der Waals surface area contributed by atoms with Crippen molar-refractivity contribution >= 4 is 23.6 Å². The second-order valence-corrected chi connectivity index (χ2v) is 5.16. The van der Waals surface area contributed by atoms with Crippen molar-refractivity contribution < 1.29 is 9.90 Å². The minimum Gasteiger partial charge on any atom is -0.396 e. The summed E-state index contributed by atoms with van der Waals surface area (Å²) in [7, 11) is 0. The molecule has 0 amide bonds. The Morgan fingerprint density at radius 1 is 1.50 bits per heavy atom.